The zero-order valence-corrected chi connectivity index (χ0v) is 16.1. The normalized spacial score (nSPS) is 19.0. The van der Waals surface area contributed by atoms with Gasteiger partial charge in [0, 0.05) is 19.3 Å². The van der Waals surface area contributed by atoms with E-state index in [2.05, 4.69) is 5.10 Å². The van der Waals surface area contributed by atoms with E-state index in [9.17, 15) is 14.7 Å². The lowest BCUT2D eigenvalue weighted by Gasteiger charge is -2.24. The number of aliphatic hydroxyl groups excluding tert-OH is 1. The predicted octanol–water partition coefficient (Wildman–Crippen LogP) is 2.49. The smallest absolute Gasteiger partial charge is 0.295 e. The highest BCUT2D eigenvalue weighted by Crippen LogP contribution is 2.40. The Morgan fingerprint density at radius 3 is 2.56 bits per heavy atom. The molecule has 2 heterocycles. The van der Waals surface area contributed by atoms with Crippen molar-refractivity contribution >= 4 is 17.4 Å². The fourth-order valence-electron chi connectivity index (χ4n) is 3.62. The van der Waals surface area contributed by atoms with E-state index in [1.54, 1.807) is 50.9 Å². The topological polar surface area (TPSA) is 84.7 Å². The van der Waals surface area contributed by atoms with Crippen LogP contribution in [0.2, 0.25) is 0 Å². The first-order valence-electron chi connectivity index (χ1n) is 8.74. The summed E-state index contributed by atoms with van der Waals surface area (Å²) in [5.41, 5.74) is 2.58. The largest absolute Gasteiger partial charge is 0.507 e. The molecule has 7 heteroatoms. The van der Waals surface area contributed by atoms with Crippen LogP contribution in [-0.4, -0.2) is 45.1 Å². The number of nitrogens with zero attached hydrogens (tertiary/aromatic N) is 3. The number of hydrogen-bond donors (Lipinski definition) is 1. The Morgan fingerprint density at radius 1 is 1.30 bits per heavy atom. The summed E-state index contributed by atoms with van der Waals surface area (Å²) in [5, 5.41) is 15.4. The highest BCUT2D eigenvalue weighted by atomic mass is 16.5. The highest BCUT2D eigenvalue weighted by Gasteiger charge is 2.45. The Morgan fingerprint density at radius 2 is 2.00 bits per heavy atom. The van der Waals surface area contributed by atoms with Gasteiger partial charge in [-0.05, 0) is 38.5 Å². The van der Waals surface area contributed by atoms with Crippen molar-refractivity contribution in [2.24, 2.45) is 7.05 Å². The van der Waals surface area contributed by atoms with Crippen LogP contribution >= 0.6 is 0 Å². The zero-order valence-electron chi connectivity index (χ0n) is 16.1. The van der Waals surface area contributed by atoms with Gasteiger partial charge in [0.15, 0.2) is 0 Å². The maximum absolute atomic E-state index is 12.8. The maximum Gasteiger partial charge on any atom is 0.295 e. The van der Waals surface area contributed by atoms with Crippen molar-refractivity contribution in [3.8, 4) is 5.75 Å². The third-order valence-electron chi connectivity index (χ3n) is 5.04. The van der Waals surface area contributed by atoms with E-state index in [0.29, 0.717) is 29.1 Å². The van der Waals surface area contributed by atoms with E-state index in [1.807, 2.05) is 13.0 Å². The van der Waals surface area contributed by atoms with Crippen molar-refractivity contribution in [3.63, 3.8) is 0 Å². The van der Waals surface area contributed by atoms with Gasteiger partial charge in [0.25, 0.3) is 11.7 Å². The van der Waals surface area contributed by atoms with Crippen molar-refractivity contribution in [3.05, 3.63) is 52.4 Å². The van der Waals surface area contributed by atoms with Gasteiger partial charge >= 0.3 is 0 Å². The summed E-state index contributed by atoms with van der Waals surface area (Å²) < 4.78 is 6.92. The minimum absolute atomic E-state index is 0.0781. The Hall–Kier alpha value is -3.09. The second-order valence-corrected chi connectivity index (χ2v) is 6.53. The number of aryl methyl sites for hydroxylation is 2. The van der Waals surface area contributed by atoms with Gasteiger partial charge < -0.3 is 14.7 Å². The molecule has 142 valence electrons. The van der Waals surface area contributed by atoms with E-state index in [0.717, 1.165) is 5.69 Å². The summed E-state index contributed by atoms with van der Waals surface area (Å²) in [4.78, 5) is 26.8. The molecule has 1 aromatic heterocycles. The molecular weight excluding hydrogens is 346 g/mol. The molecule has 1 aliphatic heterocycles. The molecule has 0 spiro atoms. The summed E-state index contributed by atoms with van der Waals surface area (Å²) >= 11 is 0. The lowest BCUT2D eigenvalue weighted by atomic mass is 9.94. The SMILES string of the molecule is CCN1C(=O)C(=O)/C(=C(/O)c2c(C)nn(C)c2C)C1c1cccc(OC)c1. The van der Waals surface area contributed by atoms with Crippen molar-refractivity contribution in [1.82, 2.24) is 14.7 Å². The van der Waals surface area contributed by atoms with E-state index < -0.39 is 17.7 Å². The number of benzene rings is 1. The first-order valence-corrected chi connectivity index (χ1v) is 8.74. The summed E-state index contributed by atoms with van der Waals surface area (Å²) in [6, 6.07) is 6.50. The van der Waals surface area contributed by atoms with Crippen LogP contribution in [0.4, 0.5) is 0 Å². The van der Waals surface area contributed by atoms with Gasteiger partial charge in [0.2, 0.25) is 0 Å². The third kappa shape index (κ3) is 2.89. The van der Waals surface area contributed by atoms with Crippen molar-refractivity contribution in [2.75, 3.05) is 13.7 Å². The van der Waals surface area contributed by atoms with Crippen LogP contribution in [0, 0.1) is 13.8 Å². The van der Waals surface area contributed by atoms with Crippen molar-refractivity contribution < 1.29 is 19.4 Å². The Bertz CT molecular complexity index is 958. The van der Waals surface area contributed by atoms with Gasteiger partial charge in [-0.3, -0.25) is 14.3 Å². The molecule has 1 atom stereocenters. The Balaban J connectivity index is 2.26. The number of rotatable bonds is 4. The minimum atomic E-state index is -0.690. The minimum Gasteiger partial charge on any atom is -0.507 e. The van der Waals surface area contributed by atoms with Gasteiger partial charge in [0.05, 0.1) is 30.0 Å². The fraction of sp³-hybridized carbons (Fsp3) is 0.350. The molecule has 7 nitrogen and oxygen atoms in total. The van der Waals surface area contributed by atoms with Crippen LogP contribution in [0.1, 0.15) is 35.5 Å². The molecule has 1 aliphatic rings. The molecule has 1 aromatic carbocycles. The van der Waals surface area contributed by atoms with E-state index in [4.69, 9.17) is 4.74 Å². The number of amides is 1. The number of ketones is 1. The number of carbonyl (C=O) groups is 2. The summed E-state index contributed by atoms with van der Waals surface area (Å²) in [6.07, 6.45) is 0. The van der Waals surface area contributed by atoms with Crippen LogP contribution in [0.5, 0.6) is 5.75 Å². The summed E-state index contributed by atoms with van der Waals surface area (Å²) in [5.74, 6) is -0.890. The molecular formula is C20H23N3O4. The van der Waals surface area contributed by atoms with Gasteiger partial charge in [-0.1, -0.05) is 12.1 Å². The standard InChI is InChI=1S/C20H23N3O4/c1-6-23-17(13-8-7-9-14(10-13)27-5)16(19(25)20(23)26)18(24)15-11(2)21-22(4)12(15)3/h7-10,17,24H,6H2,1-5H3/b18-16+. The third-order valence-corrected chi connectivity index (χ3v) is 5.04. The number of hydrogen-bond acceptors (Lipinski definition) is 5. The molecule has 1 amide bonds. The van der Waals surface area contributed by atoms with E-state index in [1.165, 1.54) is 4.90 Å². The van der Waals surface area contributed by atoms with Crippen LogP contribution in [-0.2, 0) is 16.6 Å². The Labute approximate surface area is 157 Å². The number of likely N-dealkylation sites (N-methyl/N-ethyl adjacent to an activating group) is 1. The molecule has 27 heavy (non-hydrogen) atoms. The molecule has 0 aliphatic carbocycles. The van der Waals surface area contributed by atoms with Gasteiger partial charge in [-0.25, -0.2) is 0 Å². The average Bonchev–Trinajstić information content (AvgIpc) is 3.06. The first-order chi connectivity index (χ1) is 12.8. The molecule has 0 saturated carbocycles. The highest BCUT2D eigenvalue weighted by molar-refractivity contribution is 6.46. The van der Waals surface area contributed by atoms with Crippen LogP contribution in [0.25, 0.3) is 5.76 Å². The number of ether oxygens (including phenoxy) is 1. The number of aliphatic hydroxyl groups is 1. The maximum atomic E-state index is 12.8. The molecule has 2 aromatic rings. The van der Waals surface area contributed by atoms with Crippen LogP contribution in [0.15, 0.2) is 29.8 Å². The van der Waals surface area contributed by atoms with Gasteiger partial charge in [-0.15, -0.1) is 0 Å². The molecule has 1 N–H and O–H groups in total. The van der Waals surface area contributed by atoms with Crippen molar-refractivity contribution in [2.45, 2.75) is 26.8 Å². The monoisotopic (exact) mass is 369 g/mol. The van der Waals surface area contributed by atoms with Gasteiger partial charge in [-0.2, -0.15) is 5.10 Å². The summed E-state index contributed by atoms with van der Waals surface area (Å²) in [6.45, 7) is 5.72. The number of likely N-dealkylation sites (tertiary alicyclic amines) is 1. The fourth-order valence-corrected chi connectivity index (χ4v) is 3.62. The second-order valence-electron chi connectivity index (χ2n) is 6.53. The summed E-state index contributed by atoms with van der Waals surface area (Å²) in [7, 11) is 3.32. The van der Waals surface area contributed by atoms with E-state index in [-0.39, 0.29) is 11.3 Å². The number of aromatic nitrogens is 2. The molecule has 1 saturated heterocycles. The van der Waals surface area contributed by atoms with Crippen LogP contribution < -0.4 is 4.74 Å². The number of Topliss-reactive ketones (excluding diaryl/α,β-unsaturated/α-hetero) is 1. The van der Waals surface area contributed by atoms with Crippen LogP contribution in [0.3, 0.4) is 0 Å². The molecule has 0 bridgehead atoms. The second kappa shape index (κ2) is 6.90. The zero-order chi connectivity index (χ0) is 19.9. The molecule has 1 unspecified atom stereocenters. The predicted molar refractivity (Wildman–Crippen MR) is 100 cm³/mol. The quantitative estimate of drug-likeness (QED) is 0.508. The van der Waals surface area contributed by atoms with E-state index >= 15 is 0 Å². The number of carbonyl (C=O) groups excluding carboxylic acids is 2. The first kappa shape index (κ1) is 18.7. The van der Waals surface area contributed by atoms with Crippen molar-refractivity contribution in [1.29, 1.82) is 0 Å². The Kier molecular flexibility index (Phi) is 4.78. The molecule has 1 fully saturated rings. The average molecular weight is 369 g/mol. The van der Waals surface area contributed by atoms with Gasteiger partial charge in [0.1, 0.15) is 11.5 Å². The molecule has 3 rings (SSSR count). The lowest BCUT2D eigenvalue weighted by Crippen LogP contribution is -2.29. The lowest BCUT2D eigenvalue weighted by molar-refractivity contribution is -0.139. The number of methoxy groups -OCH3 is 1. The molecule has 0 radical (unpaired) electrons.